The van der Waals surface area contributed by atoms with Gasteiger partial charge in [0.05, 0.1) is 0 Å². The molecule has 6 radical (unpaired) electrons. The second-order valence-electron chi connectivity index (χ2n) is 7.47. The fourth-order valence-corrected chi connectivity index (χ4v) is 2.66. The molecule has 0 spiro atoms. The zero-order valence-electron chi connectivity index (χ0n) is 30.8. The fourth-order valence-electron chi connectivity index (χ4n) is 2.66. The largest absolute Gasteiger partial charge is 2.00 e. The first-order valence-electron chi connectivity index (χ1n) is 11.5. The van der Waals surface area contributed by atoms with E-state index in [9.17, 15) is 28.8 Å². The van der Waals surface area contributed by atoms with Gasteiger partial charge >= 0.3 is 103 Å². The minimum absolute atomic E-state index is 0. The van der Waals surface area contributed by atoms with Gasteiger partial charge in [-0.3, -0.25) is 14.4 Å². The fraction of sp³-hybridized carbons (Fsp3) is 0.107. The summed E-state index contributed by atoms with van der Waals surface area (Å²) in [6, 6.07) is 17.9. The summed E-state index contributed by atoms with van der Waals surface area (Å²) in [6.45, 7) is 3.66. The Morgan fingerprint density at radius 3 is 0.760 bits per heavy atom. The van der Waals surface area contributed by atoms with E-state index < -0.39 is 42.0 Å². The number of aromatic carboxylic acids is 3. The van der Waals surface area contributed by atoms with E-state index in [1.165, 1.54) is 57.2 Å². The van der Waals surface area contributed by atoms with Gasteiger partial charge in [-0.05, 0) is 36.4 Å². The van der Waals surface area contributed by atoms with Crippen molar-refractivity contribution in [2.75, 3.05) is 0 Å². The number of ether oxygens (including phenoxy) is 3. The summed E-state index contributed by atoms with van der Waals surface area (Å²) in [5, 5.41) is 40.0. The van der Waals surface area contributed by atoms with Gasteiger partial charge in [0.2, 0.25) is 0 Å². The average molecular weight is 779 g/mol. The molecule has 11 N–H and O–H groups in total. The van der Waals surface area contributed by atoms with Gasteiger partial charge in [0.25, 0.3) is 0 Å². The van der Waals surface area contributed by atoms with E-state index in [2.05, 4.69) is 14.2 Å². The number of carbonyl (C=O) groups excluding carboxylic acids is 3. The van der Waals surface area contributed by atoms with Crippen LogP contribution in [0.2, 0.25) is 0 Å². The number of hydrogen-bond donors (Lipinski definition) is 5. The molecule has 0 saturated heterocycles. The summed E-state index contributed by atoms with van der Waals surface area (Å²) < 4.78 is 14.1. The van der Waals surface area contributed by atoms with Crippen molar-refractivity contribution in [2.24, 2.45) is 0 Å². The molecule has 0 unspecified atom stereocenters. The third kappa shape index (κ3) is 29.6. The molecular weight excluding hydrogens is 743 g/mol. The Bertz CT molecular complexity index is 1340. The minimum atomic E-state index is -1.83. The predicted octanol–water partition coefficient (Wildman–Crippen LogP) is 0.605. The van der Waals surface area contributed by atoms with Crippen LogP contribution in [0.15, 0.2) is 72.8 Å². The van der Waals surface area contributed by atoms with Crippen LogP contribution in [0.1, 0.15) is 57.6 Å². The van der Waals surface area contributed by atoms with Crippen LogP contribution in [-0.2, 0) is 14.4 Å². The van der Waals surface area contributed by atoms with Crippen molar-refractivity contribution in [3.05, 3.63) is 89.5 Å². The third-order valence-electron chi connectivity index (χ3n) is 4.11. The van der Waals surface area contributed by atoms with Crippen molar-refractivity contribution >= 4 is 137 Å². The van der Waals surface area contributed by atoms with Gasteiger partial charge in [0.1, 0.15) is 33.9 Å². The molecule has 3 aromatic carbocycles. The normalized spacial score (nSPS) is 7.74. The maximum Gasteiger partial charge on any atom is 2.00 e. The van der Waals surface area contributed by atoms with Gasteiger partial charge < -0.3 is 61.9 Å². The van der Waals surface area contributed by atoms with E-state index in [1.54, 1.807) is 36.4 Å². The third-order valence-corrected chi connectivity index (χ3v) is 4.11. The number of benzene rings is 3. The van der Waals surface area contributed by atoms with Crippen LogP contribution in [0, 0.1) is 0 Å². The number of rotatable bonds is 6. The van der Waals surface area contributed by atoms with Crippen LogP contribution in [0.5, 0.6) is 17.2 Å². The SMILES string of the molecule is CC(=O)Oc1ccccc1C(=O)O.CC(=O)Oc1ccccc1C(=O)O.CC(=O)Oc1ccccc1C(=O)O.O.O.O.O=C(O)O.[Al].[Al].[Ca+2].[H-].[H-].[H-].[H-].[Mg+2]. The summed E-state index contributed by atoms with van der Waals surface area (Å²) in [5.74, 6) is -4.73. The second-order valence-corrected chi connectivity index (χ2v) is 7.47. The molecule has 0 aliphatic heterocycles. The van der Waals surface area contributed by atoms with Crippen molar-refractivity contribution in [3.63, 3.8) is 0 Å². The number of hydrogen-bond acceptors (Lipinski definition) is 10. The van der Waals surface area contributed by atoms with Crippen LogP contribution in [-0.4, -0.2) is 179 Å². The quantitative estimate of drug-likeness (QED) is 0.130. The van der Waals surface area contributed by atoms with Gasteiger partial charge in [-0.15, -0.1) is 0 Å². The molecule has 3 aromatic rings. The van der Waals surface area contributed by atoms with Crippen molar-refractivity contribution in [2.45, 2.75) is 20.8 Å². The van der Waals surface area contributed by atoms with E-state index in [-0.39, 0.29) is 152 Å². The number of carboxylic acid groups (broad SMARTS) is 5. The van der Waals surface area contributed by atoms with E-state index in [0.717, 1.165) is 0 Å². The molecule has 0 aromatic heterocycles. The molecule has 266 valence electrons. The first-order chi connectivity index (χ1) is 20.1. The Morgan fingerprint density at radius 1 is 0.460 bits per heavy atom. The summed E-state index contributed by atoms with van der Waals surface area (Å²) in [5.41, 5.74) is -0.0481. The van der Waals surface area contributed by atoms with Crippen LogP contribution in [0.25, 0.3) is 0 Å². The smallest absolute Gasteiger partial charge is 1.00 e. The van der Waals surface area contributed by atoms with Crippen molar-refractivity contribution in [1.82, 2.24) is 0 Å². The molecule has 0 saturated carbocycles. The molecule has 0 aliphatic rings. The zero-order valence-corrected chi connectivity index (χ0v) is 32.7. The maximum absolute atomic E-state index is 10.6. The monoisotopic (exact) mass is 778 g/mol. The molecule has 0 atom stereocenters. The molecule has 18 nitrogen and oxygen atoms in total. The van der Waals surface area contributed by atoms with Crippen molar-refractivity contribution < 1.29 is 95.4 Å². The number of carboxylic acids is 3. The number of para-hydroxylation sites is 3. The number of carbonyl (C=O) groups is 7. The topological polar surface area (TPSA) is 343 Å². The molecule has 3 rings (SSSR count). The van der Waals surface area contributed by atoms with Gasteiger partial charge in [-0.1, -0.05) is 36.4 Å². The molecule has 0 amide bonds. The van der Waals surface area contributed by atoms with E-state index in [0.29, 0.717) is 0 Å². The summed E-state index contributed by atoms with van der Waals surface area (Å²) in [4.78, 5) is 72.1. The first-order valence-corrected chi connectivity index (χ1v) is 11.5. The predicted molar refractivity (Wildman–Crippen MR) is 183 cm³/mol. The van der Waals surface area contributed by atoms with Crippen LogP contribution >= 0.6 is 0 Å². The minimum Gasteiger partial charge on any atom is -1.00 e. The van der Waals surface area contributed by atoms with Crippen LogP contribution in [0.3, 0.4) is 0 Å². The molecule has 0 fully saturated rings. The Morgan fingerprint density at radius 2 is 0.620 bits per heavy atom. The van der Waals surface area contributed by atoms with Gasteiger partial charge in [-0.25, -0.2) is 19.2 Å². The Kier molecular flexibility index (Phi) is 46.3. The standard InChI is InChI=1S/3C9H8O4.CH2O3.2Al.Ca.Mg.3H2O.4H/c3*1-6(10)13-8-5-3-2-4-7(8)9(11)12;2-1(3)4;;;;;;;;;;;/h3*2-5H,1H3,(H,11,12);(H2,2,3,4);;;;;3*1H2;;;;/q;;;;;;2*+2;;;;4*-1. The maximum atomic E-state index is 10.6. The van der Waals surface area contributed by atoms with Crippen molar-refractivity contribution in [3.8, 4) is 17.2 Å². The summed E-state index contributed by atoms with van der Waals surface area (Å²) in [7, 11) is 0. The van der Waals surface area contributed by atoms with E-state index in [1.807, 2.05) is 0 Å². The summed E-state index contributed by atoms with van der Waals surface area (Å²) >= 11 is 0. The van der Waals surface area contributed by atoms with Gasteiger partial charge in [-0.2, -0.15) is 0 Å². The molecule has 22 heteroatoms. The molecule has 0 heterocycles. The Labute approximate surface area is 357 Å². The zero-order chi connectivity index (χ0) is 33.1. The van der Waals surface area contributed by atoms with Crippen molar-refractivity contribution in [1.29, 1.82) is 0 Å². The average Bonchev–Trinajstić information content (AvgIpc) is 2.89. The first kappa shape index (κ1) is 65.1. The van der Waals surface area contributed by atoms with E-state index >= 15 is 0 Å². The Hall–Kier alpha value is -3.28. The van der Waals surface area contributed by atoms with Crippen LogP contribution in [0.4, 0.5) is 4.79 Å². The molecule has 50 heavy (non-hydrogen) atoms. The van der Waals surface area contributed by atoms with Gasteiger partial charge in [0.15, 0.2) is 0 Å². The molecule has 0 aliphatic carbocycles. The van der Waals surface area contributed by atoms with E-state index in [4.69, 9.17) is 30.3 Å². The summed E-state index contributed by atoms with van der Waals surface area (Å²) in [6.07, 6.45) is -1.83. The Balaban J connectivity index is -0.0000000425. The molecular formula is C28H36Al2CaMgO18. The van der Waals surface area contributed by atoms with Crippen LogP contribution < -0.4 is 14.2 Å². The number of esters is 3. The van der Waals surface area contributed by atoms with Gasteiger partial charge in [0, 0.05) is 55.5 Å². The second kappa shape index (κ2) is 35.5. The molecule has 0 bridgehead atoms.